The molecule has 1 heterocycles. The molecule has 1 N–H and O–H groups in total. The van der Waals surface area contributed by atoms with Crippen LogP contribution in [0.3, 0.4) is 0 Å². The van der Waals surface area contributed by atoms with E-state index in [1.54, 1.807) is 6.07 Å². The lowest BCUT2D eigenvalue weighted by Gasteiger charge is -2.16. The number of aryl methyl sites for hydroxylation is 1. The molecular weight excluding hydrogens is 238 g/mol. The first kappa shape index (κ1) is 15.8. The van der Waals surface area contributed by atoms with E-state index in [1.165, 1.54) is 25.7 Å². The zero-order valence-electron chi connectivity index (χ0n) is 12.7. The minimum Gasteiger partial charge on any atom is -0.478 e. The Bertz CT molecular complexity index is 421. The molecule has 0 aliphatic carbocycles. The second kappa shape index (κ2) is 7.37. The van der Waals surface area contributed by atoms with Crippen molar-refractivity contribution in [1.29, 1.82) is 0 Å². The van der Waals surface area contributed by atoms with Crippen LogP contribution in [0.4, 0.5) is 0 Å². The quantitative estimate of drug-likeness (QED) is 0.756. The van der Waals surface area contributed by atoms with Crippen molar-refractivity contribution in [2.45, 2.75) is 66.3 Å². The van der Waals surface area contributed by atoms with Gasteiger partial charge in [0.05, 0.1) is 5.56 Å². The predicted molar refractivity (Wildman–Crippen MR) is 78.8 cm³/mol. The summed E-state index contributed by atoms with van der Waals surface area (Å²) in [7, 11) is 0. The Labute approximate surface area is 116 Å². The van der Waals surface area contributed by atoms with E-state index in [0.29, 0.717) is 5.56 Å². The smallest absolute Gasteiger partial charge is 0.337 e. The van der Waals surface area contributed by atoms with E-state index in [-0.39, 0.29) is 0 Å². The van der Waals surface area contributed by atoms with Crippen LogP contribution < -0.4 is 0 Å². The Morgan fingerprint density at radius 2 is 2.00 bits per heavy atom. The molecule has 1 aromatic heterocycles. The van der Waals surface area contributed by atoms with Crippen molar-refractivity contribution in [2.75, 3.05) is 0 Å². The summed E-state index contributed by atoms with van der Waals surface area (Å²) in [6.07, 6.45) is 6.19. The molecule has 1 unspecified atom stereocenters. The van der Waals surface area contributed by atoms with Gasteiger partial charge in [-0.1, -0.05) is 39.5 Å². The van der Waals surface area contributed by atoms with Crippen LogP contribution in [0, 0.1) is 19.8 Å². The fourth-order valence-corrected chi connectivity index (χ4v) is 2.72. The maximum atomic E-state index is 11.1. The molecule has 0 amide bonds. The summed E-state index contributed by atoms with van der Waals surface area (Å²) in [5.41, 5.74) is 2.38. The summed E-state index contributed by atoms with van der Waals surface area (Å²) in [5, 5.41) is 9.13. The van der Waals surface area contributed by atoms with Crippen LogP contribution in [0.2, 0.25) is 0 Å². The Hall–Kier alpha value is -1.25. The monoisotopic (exact) mass is 265 g/mol. The second-order valence-corrected chi connectivity index (χ2v) is 5.45. The first-order valence-corrected chi connectivity index (χ1v) is 7.41. The van der Waals surface area contributed by atoms with Crippen LogP contribution in [0.1, 0.15) is 67.7 Å². The van der Waals surface area contributed by atoms with Gasteiger partial charge in [0, 0.05) is 17.9 Å². The van der Waals surface area contributed by atoms with Crippen molar-refractivity contribution in [3.05, 3.63) is 23.0 Å². The standard InChI is InChI=1S/C16H27NO2/c1-5-7-8-14(6-2)9-10-17-12(3)11-15(13(17)4)16(18)19/h11,14H,5-10H2,1-4H3,(H,18,19). The highest BCUT2D eigenvalue weighted by atomic mass is 16.4. The van der Waals surface area contributed by atoms with Gasteiger partial charge in [0.25, 0.3) is 0 Å². The molecule has 108 valence electrons. The maximum absolute atomic E-state index is 11.1. The number of unbranched alkanes of at least 4 members (excludes halogenated alkanes) is 1. The minimum absolute atomic E-state index is 0.444. The highest BCUT2D eigenvalue weighted by Crippen LogP contribution is 2.21. The molecule has 0 bridgehead atoms. The second-order valence-electron chi connectivity index (χ2n) is 5.45. The summed E-state index contributed by atoms with van der Waals surface area (Å²) < 4.78 is 2.15. The zero-order valence-corrected chi connectivity index (χ0v) is 12.7. The normalized spacial score (nSPS) is 12.6. The number of aromatic carboxylic acids is 1. The van der Waals surface area contributed by atoms with Gasteiger partial charge in [-0.15, -0.1) is 0 Å². The third kappa shape index (κ3) is 4.12. The molecule has 0 radical (unpaired) electrons. The van der Waals surface area contributed by atoms with Gasteiger partial charge >= 0.3 is 5.97 Å². The Morgan fingerprint density at radius 3 is 2.47 bits per heavy atom. The van der Waals surface area contributed by atoms with Crippen molar-refractivity contribution in [2.24, 2.45) is 5.92 Å². The van der Waals surface area contributed by atoms with Crippen molar-refractivity contribution < 1.29 is 9.90 Å². The molecule has 1 rings (SSSR count). The molecular formula is C16H27NO2. The minimum atomic E-state index is -0.822. The molecule has 0 aliphatic heterocycles. The average molecular weight is 265 g/mol. The zero-order chi connectivity index (χ0) is 14.4. The van der Waals surface area contributed by atoms with Crippen LogP contribution >= 0.6 is 0 Å². The van der Waals surface area contributed by atoms with Crippen molar-refractivity contribution in [3.63, 3.8) is 0 Å². The third-order valence-corrected chi connectivity index (χ3v) is 4.11. The summed E-state index contributed by atoms with van der Waals surface area (Å²) in [4.78, 5) is 11.1. The van der Waals surface area contributed by atoms with Gasteiger partial charge in [0.2, 0.25) is 0 Å². The topological polar surface area (TPSA) is 42.2 Å². The molecule has 0 fully saturated rings. The summed E-state index contributed by atoms with van der Waals surface area (Å²) >= 11 is 0. The van der Waals surface area contributed by atoms with Gasteiger partial charge in [-0.2, -0.15) is 0 Å². The van der Waals surface area contributed by atoms with Gasteiger partial charge in [0.15, 0.2) is 0 Å². The molecule has 0 aromatic carbocycles. The number of rotatable bonds is 8. The Balaban J connectivity index is 2.69. The summed E-state index contributed by atoms with van der Waals surface area (Å²) in [5.74, 6) is -0.0631. The van der Waals surface area contributed by atoms with Crippen LogP contribution in [0.25, 0.3) is 0 Å². The predicted octanol–water partition coefficient (Wildman–Crippen LogP) is 4.41. The van der Waals surface area contributed by atoms with E-state index in [1.807, 2.05) is 13.8 Å². The summed E-state index contributed by atoms with van der Waals surface area (Å²) in [6, 6.07) is 1.78. The molecule has 0 saturated carbocycles. The lowest BCUT2D eigenvalue weighted by molar-refractivity contribution is 0.0696. The molecule has 19 heavy (non-hydrogen) atoms. The number of carboxylic acids is 1. The number of hydrogen-bond acceptors (Lipinski definition) is 1. The van der Waals surface area contributed by atoms with E-state index < -0.39 is 5.97 Å². The SMILES string of the molecule is CCCCC(CC)CCn1c(C)cc(C(=O)O)c1C. The van der Waals surface area contributed by atoms with Gasteiger partial charge < -0.3 is 9.67 Å². The first-order chi connectivity index (χ1) is 9.01. The molecule has 1 aromatic rings. The highest BCUT2D eigenvalue weighted by molar-refractivity contribution is 5.89. The molecule has 1 atom stereocenters. The van der Waals surface area contributed by atoms with Crippen LogP contribution in [-0.2, 0) is 6.54 Å². The van der Waals surface area contributed by atoms with Crippen LogP contribution in [-0.4, -0.2) is 15.6 Å². The average Bonchev–Trinajstić information content (AvgIpc) is 2.66. The number of hydrogen-bond donors (Lipinski definition) is 1. The lowest BCUT2D eigenvalue weighted by Crippen LogP contribution is -2.09. The van der Waals surface area contributed by atoms with Gasteiger partial charge in [-0.3, -0.25) is 0 Å². The number of carbonyl (C=O) groups is 1. The van der Waals surface area contributed by atoms with Crippen molar-refractivity contribution >= 4 is 5.97 Å². The molecule has 0 saturated heterocycles. The van der Waals surface area contributed by atoms with Gasteiger partial charge in [0.1, 0.15) is 0 Å². The highest BCUT2D eigenvalue weighted by Gasteiger charge is 2.15. The third-order valence-electron chi connectivity index (χ3n) is 4.11. The van der Waals surface area contributed by atoms with Gasteiger partial charge in [-0.25, -0.2) is 4.79 Å². The Kier molecular flexibility index (Phi) is 6.13. The van der Waals surface area contributed by atoms with E-state index in [2.05, 4.69) is 18.4 Å². The first-order valence-electron chi connectivity index (χ1n) is 7.41. The molecule has 0 aliphatic rings. The number of aromatic nitrogens is 1. The van der Waals surface area contributed by atoms with E-state index in [9.17, 15) is 4.79 Å². The Morgan fingerprint density at radius 1 is 1.32 bits per heavy atom. The van der Waals surface area contributed by atoms with Crippen molar-refractivity contribution in [1.82, 2.24) is 4.57 Å². The lowest BCUT2D eigenvalue weighted by atomic mass is 9.96. The van der Waals surface area contributed by atoms with Gasteiger partial charge in [-0.05, 0) is 32.3 Å². The molecule has 0 spiro atoms. The maximum Gasteiger partial charge on any atom is 0.337 e. The fraction of sp³-hybridized carbons (Fsp3) is 0.688. The van der Waals surface area contributed by atoms with E-state index in [4.69, 9.17) is 5.11 Å². The summed E-state index contributed by atoms with van der Waals surface area (Å²) in [6.45, 7) is 9.31. The van der Waals surface area contributed by atoms with Crippen LogP contribution in [0.15, 0.2) is 6.07 Å². The van der Waals surface area contributed by atoms with E-state index in [0.717, 1.165) is 30.3 Å². The molecule has 3 heteroatoms. The number of nitrogens with zero attached hydrogens (tertiary/aromatic N) is 1. The largest absolute Gasteiger partial charge is 0.478 e. The fourth-order valence-electron chi connectivity index (χ4n) is 2.72. The van der Waals surface area contributed by atoms with E-state index >= 15 is 0 Å². The van der Waals surface area contributed by atoms with Crippen LogP contribution in [0.5, 0.6) is 0 Å². The molecule has 3 nitrogen and oxygen atoms in total. The van der Waals surface area contributed by atoms with Crippen molar-refractivity contribution in [3.8, 4) is 0 Å². The number of carboxylic acid groups (broad SMARTS) is 1.